The van der Waals surface area contributed by atoms with Gasteiger partial charge >= 0.3 is 0 Å². The fraction of sp³-hybridized carbons (Fsp3) is 0.294. The molecule has 280 valence electrons. The second kappa shape index (κ2) is 15.7. The first-order valence-electron chi connectivity index (χ1n) is 20.0. The lowest BCUT2D eigenvalue weighted by molar-refractivity contribution is 0.189. The van der Waals surface area contributed by atoms with Gasteiger partial charge in [-0.2, -0.15) is 0 Å². The first-order valence-corrected chi connectivity index (χ1v) is 22.7. The van der Waals surface area contributed by atoms with E-state index in [1.165, 1.54) is 87.5 Å². The number of benzene rings is 6. The summed E-state index contributed by atoms with van der Waals surface area (Å²) in [6.07, 6.45) is 4.80. The highest BCUT2D eigenvalue weighted by molar-refractivity contribution is 7.80. The second-order valence-corrected chi connectivity index (χ2v) is 20.8. The van der Waals surface area contributed by atoms with Gasteiger partial charge in [-0.15, -0.1) is 0 Å². The van der Waals surface area contributed by atoms with Crippen LogP contribution in [-0.4, -0.2) is 12.2 Å². The Morgan fingerprint density at radius 3 is 0.982 bits per heavy atom. The summed E-state index contributed by atoms with van der Waals surface area (Å²) in [4.78, 5) is 0. The molecule has 6 aromatic rings. The Morgan fingerprint density at radius 2 is 0.691 bits per heavy atom. The lowest BCUT2D eigenvalue weighted by Crippen LogP contribution is -2.31. The predicted molar refractivity (Wildman–Crippen MR) is 238 cm³/mol. The molecule has 6 aromatic carbocycles. The number of rotatable bonds is 6. The normalized spacial score (nSPS) is 16.6. The summed E-state index contributed by atoms with van der Waals surface area (Å²) in [7, 11) is -1.74. The Labute approximate surface area is 331 Å². The summed E-state index contributed by atoms with van der Waals surface area (Å²) >= 11 is 0. The SMILES string of the molecule is Cc1cc(C)cc(P(c2cc(C)cc(C)c2)c2cccc3c2OC2CCCC(C3)Oc3c(cccc3P(c3cc(C)cc(C)c3)c3cc(C)cc(C)c3)C2)c1. The van der Waals surface area contributed by atoms with Crippen LogP contribution in [0.1, 0.15) is 74.9 Å². The van der Waals surface area contributed by atoms with Crippen molar-refractivity contribution in [3.8, 4) is 11.5 Å². The van der Waals surface area contributed by atoms with E-state index < -0.39 is 15.8 Å². The molecule has 2 atom stereocenters. The quantitative estimate of drug-likeness (QED) is 0.158. The first kappa shape index (κ1) is 37.7. The minimum absolute atomic E-state index is 0.0401. The fourth-order valence-corrected chi connectivity index (χ4v) is 14.7. The van der Waals surface area contributed by atoms with Gasteiger partial charge in [0.25, 0.3) is 0 Å². The van der Waals surface area contributed by atoms with Gasteiger partial charge in [0.1, 0.15) is 23.7 Å². The molecule has 0 aromatic heterocycles. The van der Waals surface area contributed by atoms with Gasteiger partial charge in [0.05, 0.1) is 0 Å². The van der Waals surface area contributed by atoms with Crippen molar-refractivity contribution in [2.24, 2.45) is 0 Å². The van der Waals surface area contributed by atoms with Crippen LogP contribution in [0.15, 0.2) is 109 Å². The number of aryl methyl sites for hydroxylation is 8. The Hall–Kier alpha value is -4.22. The molecule has 0 amide bonds. The average molecular weight is 761 g/mol. The molecule has 55 heavy (non-hydrogen) atoms. The maximum absolute atomic E-state index is 7.47. The van der Waals surface area contributed by atoms with Gasteiger partial charge in [0.2, 0.25) is 0 Å². The molecule has 2 unspecified atom stereocenters. The monoisotopic (exact) mass is 760 g/mol. The Morgan fingerprint density at radius 1 is 0.400 bits per heavy atom. The summed E-state index contributed by atoms with van der Waals surface area (Å²) < 4.78 is 14.9. The summed E-state index contributed by atoms with van der Waals surface area (Å²) in [5.74, 6) is 2.17. The van der Waals surface area contributed by atoms with E-state index in [2.05, 4.69) is 165 Å². The maximum Gasteiger partial charge on any atom is 0.131 e. The van der Waals surface area contributed by atoms with Crippen molar-refractivity contribution >= 4 is 47.7 Å². The topological polar surface area (TPSA) is 18.5 Å². The average Bonchev–Trinajstić information content (AvgIpc) is 3.23. The maximum atomic E-state index is 7.47. The highest BCUT2D eigenvalue weighted by atomic mass is 31.1. The molecule has 8 rings (SSSR count). The van der Waals surface area contributed by atoms with E-state index in [4.69, 9.17) is 9.47 Å². The Kier molecular flexibility index (Phi) is 10.8. The van der Waals surface area contributed by atoms with Crippen LogP contribution in [-0.2, 0) is 12.8 Å². The van der Waals surface area contributed by atoms with Crippen LogP contribution >= 0.6 is 15.8 Å². The summed E-state index contributed by atoms with van der Waals surface area (Å²) in [5, 5.41) is 8.16. The molecule has 0 saturated heterocycles. The van der Waals surface area contributed by atoms with Crippen molar-refractivity contribution in [1.82, 2.24) is 0 Å². The third-order valence-corrected chi connectivity index (χ3v) is 15.8. The van der Waals surface area contributed by atoms with Crippen LogP contribution in [0.3, 0.4) is 0 Å². The van der Waals surface area contributed by atoms with Crippen molar-refractivity contribution in [3.63, 3.8) is 0 Å². The zero-order chi connectivity index (χ0) is 38.4. The van der Waals surface area contributed by atoms with Crippen LogP contribution in [0, 0.1) is 55.4 Å². The van der Waals surface area contributed by atoms with Gasteiger partial charge in [0.15, 0.2) is 0 Å². The predicted octanol–water partition coefficient (Wildman–Crippen LogP) is 10.1. The Bertz CT molecular complexity index is 2040. The minimum atomic E-state index is -0.871. The summed E-state index contributed by atoms with van der Waals surface area (Å²) in [6.45, 7) is 17.8. The van der Waals surface area contributed by atoms with Crippen LogP contribution in [0.4, 0.5) is 0 Å². The van der Waals surface area contributed by atoms with E-state index >= 15 is 0 Å². The molecule has 0 saturated carbocycles. The molecular weight excluding hydrogens is 707 g/mol. The minimum Gasteiger partial charge on any atom is -0.489 e. The number of ether oxygens (including phenoxy) is 2. The Balaban J connectivity index is 1.27. The molecule has 2 nitrogen and oxygen atoms in total. The van der Waals surface area contributed by atoms with Crippen LogP contribution < -0.4 is 41.3 Å². The third-order valence-electron chi connectivity index (χ3n) is 11.0. The standard InChI is InChI=1S/C51H54O2P2/c1-32-18-33(2)23-44(22-32)54(45-24-34(3)19-35(4)25-45)48-16-9-12-40-30-43-15-11-14-42(52-50(40)48)31-41-13-10-17-49(51(41)53-43)55(46-26-36(5)20-37(6)27-46)47-28-38(7)21-39(8)29-47/h9-10,12-13,16-29,42-43H,11,14-15,30-31H2,1-8H3. The lowest BCUT2D eigenvalue weighted by Gasteiger charge is -2.31. The van der Waals surface area contributed by atoms with Gasteiger partial charge in [-0.3, -0.25) is 0 Å². The molecule has 2 heterocycles. The molecule has 4 heteroatoms. The van der Waals surface area contributed by atoms with E-state index in [0.29, 0.717) is 0 Å². The highest BCUT2D eigenvalue weighted by Crippen LogP contribution is 2.44. The summed E-state index contributed by atoms with van der Waals surface area (Å²) in [6, 6.07) is 42.2. The van der Waals surface area contributed by atoms with E-state index in [9.17, 15) is 0 Å². The van der Waals surface area contributed by atoms with Crippen molar-refractivity contribution < 1.29 is 9.47 Å². The zero-order valence-corrected chi connectivity index (χ0v) is 35.6. The van der Waals surface area contributed by atoms with Gasteiger partial charge in [0, 0.05) is 23.5 Å². The lowest BCUT2D eigenvalue weighted by atomic mass is 10.0. The van der Waals surface area contributed by atoms with Gasteiger partial charge in [-0.05, 0) is 123 Å². The second-order valence-electron chi connectivity index (χ2n) is 16.4. The molecule has 0 radical (unpaired) electrons. The van der Waals surface area contributed by atoms with Gasteiger partial charge in [-0.25, -0.2) is 0 Å². The zero-order valence-electron chi connectivity index (χ0n) is 33.8. The van der Waals surface area contributed by atoms with Crippen LogP contribution in [0.2, 0.25) is 0 Å². The summed E-state index contributed by atoms with van der Waals surface area (Å²) in [5.41, 5.74) is 13.0. The van der Waals surface area contributed by atoms with Gasteiger partial charge in [-0.1, -0.05) is 154 Å². The molecule has 2 aliphatic heterocycles. The smallest absolute Gasteiger partial charge is 0.131 e. The number of hydrogen-bond acceptors (Lipinski definition) is 2. The van der Waals surface area contributed by atoms with Crippen LogP contribution in [0.25, 0.3) is 0 Å². The molecule has 0 fully saturated rings. The molecule has 0 aliphatic carbocycles. The van der Waals surface area contributed by atoms with Crippen molar-refractivity contribution in [2.45, 2.75) is 99.7 Å². The highest BCUT2D eigenvalue weighted by Gasteiger charge is 2.32. The first-order chi connectivity index (χ1) is 26.5. The van der Waals surface area contributed by atoms with Crippen molar-refractivity contribution in [2.75, 3.05) is 0 Å². The fourth-order valence-electron chi connectivity index (χ4n) is 9.06. The van der Waals surface area contributed by atoms with Crippen molar-refractivity contribution in [3.05, 3.63) is 165 Å². The van der Waals surface area contributed by atoms with E-state index in [1.54, 1.807) is 0 Å². The number of fused-ring (bicyclic) bond motifs is 6. The van der Waals surface area contributed by atoms with E-state index in [-0.39, 0.29) is 12.2 Å². The largest absolute Gasteiger partial charge is 0.489 e. The number of hydrogen-bond donors (Lipinski definition) is 0. The van der Waals surface area contributed by atoms with Gasteiger partial charge < -0.3 is 9.47 Å². The molecule has 0 spiro atoms. The van der Waals surface area contributed by atoms with E-state index in [1.807, 2.05) is 0 Å². The number of para-hydroxylation sites is 2. The third kappa shape index (κ3) is 8.19. The molecule has 2 bridgehead atoms. The van der Waals surface area contributed by atoms with E-state index in [0.717, 1.165) is 43.6 Å². The molecule has 2 aliphatic rings. The molecule has 0 N–H and O–H groups in total. The molecular formula is C51H54O2P2. The van der Waals surface area contributed by atoms with Crippen LogP contribution in [0.5, 0.6) is 11.5 Å². The van der Waals surface area contributed by atoms with Crippen molar-refractivity contribution in [1.29, 1.82) is 0 Å².